The number of carbonyl (C=O) groups excluding carboxylic acids is 1. The molecule has 13 nitrogen and oxygen atoms in total. The molecule has 0 radical (unpaired) electrons. The Morgan fingerprint density at radius 1 is 0.800 bits per heavy atom. The number of nitrogens with zero attached hydrogens (tertiary/aromatic N) is 2. The third kappa shape index (κ3) is 6.78. The largest absolute Gasteiger partial charge is 0.480 e. The zero-order chi connectivity index (χ0) is 37.0. The number of ether oxygens (including phenoxy) is 1. The van der Waals surface area contributed by atoms with E-state index in [9.17, 15) is 66.3 Å². The van der Waals surface area contributed by atoms with Gasteiger partial charge in [0.2, 0.25) is 0 Å². The monoisotopic (exact) mass is 767 g/mol. The second kappa shape index (κ2) is 12.4. The topological polar surface area (TPSA) is 185 Å². The number of fused-ring (bicyclic) bond motifs is 3. The number of carboxylic acid groups (broad SMARTS) is 1. The molecule has 266 valence electrons. The van der Waals surface area contributed by atoms with Crippen LogP contribution in [0.25, 0.3) is 10.8 Å². The molecule has 1 aliphatic heterocycles. The van der Waals surface area contributed by atoms with Crippen LogP contribution in [0.2, 0.25) is 0 Å². The molecule has 0 unspecified atom stereocenters. The molecule has 2 bridgehead atoms. The van der Waals surface area contributed by atoms with Gasteiger partial charge in [-0.25, -0.2) is 25.9 Å². The number of sulfonamides is 2. The molecule has 0 saturated carbocycles. The fourth-order valence-corrected chi connectivity index (χ4v) is 9.95. The van der Waals surface area contributed by atoms with E-state index in [2.05, 4.69) is 4.74 Å². The Kier molecular flexibility index (Phi) is 9.04. The summed E-state index contributed by atoms with van der Waals surface area (Å²) in [4.78, 5) is 21.8. The summed E-state index contributed by atoms with van der Waals surface area (Å²) in [5, 5.41) is 8.64. The van der Waals surface area contributed by atoms with Crippen molar-refractivity contribution < 1.29 is 71.0 Å². The fourth-order valence-electron chi connectivity index (χ4n) is 5.07. The summed E-state index contributed by atoms with van der Waals surface area (Å²) in [6.07, 6.45) is -10.5. The number of benzene rings is 4. The van der Waals surface area contributed by atoms with Crippen LogP contribution in [-0.2, 0) is 52.2 Å². The molecule has 0 aliphatic carbocycles. The normalized spacial score (nSPS) is 14.3. The number of hydrogen-bond acceptors (Lipinski definition) is 9. The minimum absolute atomic E-state index is 0.0807. The van der Waals surface area contributed by atoms with Gasteiger partial charge in [-0.05, 0) is 36.4 Å². The van der Waals surface area contributed by atoms with E-state index in [1.54, 1.807) is 0 Å². The highest BCUT2D eigenvalue weighted by atomic mass is 32.3. The fraction of sp³-hybridized carbons (Fsp3) is 0.143. The van der Waals surface area contributed by atoms with Gasteiger partial charge >= 0.3 is 34.5 Å². The van der Waals surface area contributed by atoms with Crippen molar-refractivity contribution in [3.05, 3.63) is 90.0 Å². The van der Waals surface area contributed by atoms with E-state index in [4.69, 9.17) is 0 Å². The van der Waals surface area contributed by atoms with Crippen LogP contribution in [0.1, 0.15) is 11.1 Å². The quantitative estimate of drug-likeness (QED) is 0.143. The van der Waals surface area contributed by atoms with E-state index in [0.29, 0.717) is 30.3 Å². The molecule has 0 fully saturated rings. The maximum absolute atomic E-state index is 13.9. The summed E-state index contributed by atoms with van der Waals surface area (Å²) in [5.74, 6) is -4.37. The Labute approximate surface area is 278 Å². The van der Waals surface area contributed by atoms with Gasteiger partial charge < -0.3 is 9.84 Å². The predicted molar refractivity (Wildman–Crippen MR) is 161 cm³/mol. The Bertz CT molecular complexity index is 2380. The molecule has 4 aromatic carbocycles. The Balaban J connectivity index is 1.64. The Morgan fingerprint density at radius 2 is 1.42 bits per heavy atom. The molecule has 22 heteroatoms. The number of carbonyl (C=O) groups is 2. The summed E-state index contributed by atoms with van der Waals surface area (Å²) in [5.41, 5.74) is -5.12. The number of rotatable bonds is 9. The highest BCUT2D eigenvalue weighted by Gasteiger charge is 2.45. The van der Waals surface area contributed by atoms with Crippen molar-refractivity contribution in [3.8, 4) is 5.75 Å². The maximum atomic E-state index is 13.9. The van der Waals surface area contributed by atoms with Gasteiger partial charge in [-0.3, -0.25) is 9.10 Å². The number of carboxylic acids is 1. The van der Waals surface area contributed by atoms with Crippen molar-refractivity contribution in [1.29, 1.82) is 0 Å². The van der Waals surface area contributed by atoms with Crippen LogP contribution >= 0.6 is 0 Å². The lowest BCUT2D eigenvalue weighted by Gasteiger charge is -2.26. The molecule has 0 saturated heterocycles. The van der Waals surface area contributed by atoms with Crippen LogP contribution < -0.4 is 17.5 Å². The number of anilines is 2. The SMILES string of the molecule is O=C(O)CN(c1ccc(S(=O)(=O)NS(=O)(=O)N2CC(=O)Oc3cccc2c3C(F)(F)F)c2ccccc12)S(=O)(=O)c1ccccc1C(F)(F)F. The minimum Gasteiger partial charge on any atom is -0.480 e. The summed E-state index contributed by atoms with van der Waals surface area (Å²) in [6.45, 7) is -2.86. The smallest absolute Gasteiger partial charge is 0.422 e. The van der Waals surface area contributed by atoms with Crippen molar-refractivity contribution in [3.63, 3.8) is 0 Å². The highest BCUT2D eigenvalue weighted by molar-refractivity contribution is 8.05. The van der Waals surface area contributed by atoms with Gasteiger partial charge in [0.1, 0.15) is 24.4 Å². The second-order valence-electron chi connectivity index (χ2n) is 10.2. The zero-order valence-corrected chi connectivity index (χ0v) is 26.9. The highest BCUT2D eigenvalue weighted by Crippen LogP contribution is 2.45. The van der Waals surface area contributed by atoms with Crippen LogP contribution in [-0.4, -0.2) is 55.4 Å². The molecule has 0 amide bonds. The van der Waals surface area contributed by atoms with Gasteiger partial charge in [-0.1, -0.05) is 46.6 Å². The van der Waals surface area contributed by atoms with Crippen LogP contribution in [0.4, 0.5) is 37.7 Å². The first kappa shape index (κ1) is 36.4. The molecule has 5 rings (SSSR count). The van der Waals surface area contributed by atoms with E-state index in [-0.39, 0.29) is 8.61 Å². The van der Waals surface area contributed by atoms with Gasteiger partial charge in [0.05, 0.1) is 26.7 Å². The van der Waals surface area contributed by atoms with Crippen molar-refractivity contribution in [1.82, 2.24) is 4.13 Å². The van der Waals surface area contributed by atoms with Crippen LogP contribution in [0.3, 0.4) is 0 Å². The molecule has 4 aromatic rings. The van der Waals surface area contributed by atoms with Crippen molar-refractivity contribution >= 4 is 64.3 Å². The van der Waals surface area contributed by atoms with Crippen molar-refractivity contribution in [2.24, 2.45) is 0 Å². The second-order valence-corrected chi connectivity index (χ2v) is 15.6. The first-order valence-corrected chi connectivity index (χ1v) is 17.8. The molecular formula is C28H19F6N3O10S3. The maximum Gasteiger partial charge on any atom is 0.422 e. The predicted octanol–water partition coefficient (Wildman–Crippen LogP) is 4.11. The molecule has 0 atom stereocenters. The lowest BCUT2D eigenvalue weighted by atomic mass is 10.1. The van der Waals surface area contributed by atoms with E-state index < -0.39 is 116 Å². The Hall–Kier alpha value is -4.93. The molecule has 0 aromatic heterocycles. The van der Waals surface area contributed by atoms with Gasteiger partial charge in [0.25, 0.3) is 20.0 Å². The third-order valence-corrected chi connectivity index (χ3v) is 12.4. The first-order chi connectivity index (χ1) is 23.1. The number of aliphatic carboxylic acids is 1. The lowest BCUT2D eigenvalue weighted by molar-refractivity contribution is -0.141. The van der Waals surface area contributed by atoms with Crippen LogP contribution in [0.15, 0.2) is 88.7 Å². The molecule has 1 heterocycles. The zero-order valence-electron chi connectivity index (χ0n) is 24.4. The summed E-state index contributed by atoms with van der Waals surface area (Å²) in [7, 11) is -16.4. The number of alkyl halides is 6. The van der Waals surface area contributed by atoms with E-state index in [1.807, 2.05) is 0 Å². The average Bonchev–Trinajstić information content (AvgIpc) is 3.09. The molecular weight excluding hydrogens is 749 g/mol. The standard InChI is InChI=1S/C28H19F6N3O10S3/c29-27(30,31)18-8-3-4-11-23(18)49(43,44)36(14-24(38)39)19-12-13-22(17-7-2-1-6-16(17)19)48(41,42)35-50(45,46)37-15-25(40)47-21-10-5-9-20(37)26(21)28(32,33)34/h1-13,35H,14-15H2,(H,38,39). The summed E-state index contributed by atoms with van der Waals surface area (Å²) in [6, 6.07) is 11.0. The molecule has 2 N–H and O–H groups in total. The lowest BCUT2D eigenvalue weighted by Crippen LogP contribution is -2.46. The van der Waals surface area contributed by atoms with Gasteiger partial charge in [0, 0.05) is 10.8 Å². The minimum atomic E-state index is -5.61. The van der Waals surface area contributed by atoms with Crippen molar-refractivity contribution in [2.45, 2.75) is 22.1 Å². The van der Waals surface area contributed by atoms with Crippen molar-refractivity contribution in [2.75, 3.05) is 21.7 Å². The van der Waals surface area contributed by atoms with Gasteiger partial charge in [-0.15, -0.1) is 0 Å². The third-order valence-electron chi connectivity index (χ3n) is 7.02. The van der Waals surface area contributed by atoms with Gasteiger partial charge in [-0.2, -0.15) is 34.8 Å². The molecule has 1 aliphatic rings. The Morgan fingerprint density at radius 3 is 2.04 bits per heavy atom. The van der Waals surface area contributed by atoms with E-state index in [1.165, 1.54) is 16.3 Å². The number of halogens is 6. The molecule has 0 spiro atoms. The van der Waals surface area contributed by atoms with Crippen LogP contribution in [0.5, 0.6) is 5.75 Å². The summed E-state index contributed by atoms with van der Waals surface area (Å²) >= 11 is 0. The summed E-state index contributed by atoms with van der Waals surface area (Å²) < 4.78 is 170. The van der Waals surface area contributed by atoms with Gasteiger partial charge in [0.15, 0.2) is 0 Å². The van der Waals surface area contributed by atoms with E-state index in [0.717, 1.165) is 36.4 Å². The van der Waals surface area contributed by atoms with E-state index >= 15 is 0 Å². The number of esters is 1. The number of hydrogen-bond donors (Lipinski definition) is 2. The van der Waals surface area contributed by atoms with Crippen LogP contribution in [0, 0.1) is 0 Å². The average molecular weight is 768 g/mol. The molecule has 50 heavy (non-hydrogen) atoms. The number of nitrogens with one attached hydrogen (secondary N) is 1. The first-order valence-electron chi connectivity index (χ1n) is 13.5.